The number of hydrogen-bond donors (Lipinski definition) is 1. The molecule has 90 valence electrons. The number of ether oxygens (including phenoxy) is 1. The number of hydrogen-bond acceptors (Lipinski definition) is 3. The van der Waals surface area contributed by atoms with Gasteiger partial charge in [-0.2, -0.15) is 0 Å². The standard InChI is InChI=1S/C13H15NO3/c1-7-5-9(15)6-10-11(13(16)17-4)8(2)14(3)12(7)10/h5-6,15H,1-4H3. The first-order valence-corrected chi connectivity index (χ1v) is 5.34. The number of esters is 1. The first kappa shape index (κ1) is 11.5. The summed E-state index contributed by atoms with van der Waals surface area (Å²) in [6.07, 6.45) is 0. The lowest BCUT2D eigenvalue weighted by Gasteiger charge is -2.02. The van der Waals surface area contributed by atoms with Crippen molar-refractivity contribution < 1.29 is 14.6 Å². The number of methoxy groups -OCH3 is 1. The lowest BCUT2D eigenvalue weighted by molar-refractivity contribution is 0.0602. The van der Waals surface area contributed by atoms with E-state index in [1.54, 1.807) is 12.1 Å². The van der Waals surface area contributed by atoms with Crippen molar-refractivity contribution in [3.05, 3.63) is 29.0 Å². The Bertz CT molecular complexity index is 611. The number of benzene rings is 1. The molecule has 0 bridgehead atoms. The Hall–Kier alpha value is -1.97. The summed E-state index contributed by atoms with van der Waals surface area (Å²) in [6, 6.07) is 3.28. The summed E-state index contributed by atoms with van der Waals surface area (Å²) in [5.74, 6) is -0.219. The zero-order valence-corrected chi connectivity index (χ0v) is 10.4. The number of fused-ring (bicyclic) bond motifs is 1. The maximum atomic E-state index is 11.8. The van der Waals surface area contributed by atoms with E-state index in [1.165, 1.54) is 7.11 Å². The van der Waals surface area contributed by atoms with Crippen molar-refractivity contribution >= 4 is 16.9 Å². The van der Waals surface area contributed by atoms with Crippen molar-refractivity contribution in [3.8, 4) is 5.75 Å². The van der Waals surface area contributed by atoms with E-state index >= 15 is 0 Å². The van der Waals surface area contributed by atoms with Crippen molar-refractivity contribution in [2.45, 2.75) is 13.8 Å². The van der Waals surface area contributed by atoms with E-state index in [4.69, 9.17) is 4.74 Å². The van der Waals surface area contributed by atoms with Gasteiger partial charge in [-0.3, -0.25) is 0 Å². The molecule has 0 fully saturated rings. The van der Waals surface area contributed by atoms with Gasteiger partial charge < -0.3 is 14.4 Å². The van der Waals surface area contributed by atoms with Crippen LogP contribution in [0.3, 0.4) is 0 Å². The molecule has 2 aromatic rings. The van der Waals surface area contributed by atoms with E-state index < -0.39 is 0 Å². The molecule has 4 heteroatoms. The molecule has 2 rings (SSSR count). The molecule has 1 aromatic heterocycles. The predicted octanol–water partition coefficient (Wildman–Crippen LogP) is 2.29. The van der Waals surface area contributed by atoms with Gasteiger partial charge in [-0.15, -0.1) is 0 Å². The van der Waals surface area contributed by atoms with Gasteiger partial charge >= 0.3 is 5.97 Å². The van der Waals surface area contributed by atoms with Crippen molar-refractivity contribution in [1.29, 1.82) is 0 Å². The van der Waals surface area contributed by atoms with Gasteiger partial charge in [-0.1, -0.05) is 0 Å². The number of aromatic nitrogens is 1. The molecule has 0 aliphatic rings. The minimum absolute atomic E-state index is 0.158. The number of carbonyl (C=O) groups is 1. The highest BCUT2D eigenvalue weighted by atomic mass is 16.5. The van der Waals surface area contributed by atoms with E-state index in [0.717, 1.165) is 22.2 Å². The summed E-state index contributed by atoms with van der Waals surface area (Å²) in [4.78, 5) is 11.8. The zero-order valence-electron chi connectivity index (χ0n) is 10.4. The van der Waals surface area contributed by atoms with E-state index in [1.807, 2.05) is 25.5 Å². The van der Waals surface area contributed by atoms with E-state index in [0.29, 0.717) is 5.56 Å². The van der Waals surface area contributed by atoms with Crippen LogP contribution in [0, 0.1) is 13.8 Å². The molecule has 4 nitrogen and oxygen atoms in total. The topological polar surface area (TPSA) is 51.5 Å². The van der Waals surface area contributed by atoms with Crippen LogP contribution in [-0.4, -0.2) is 22.8 Å². The normalized spacial score (nSPS) is 10.8. The number of phenolic OH excluding ortho intramolecular Hbond substituents is 1. The van der Waals surface area contributed by atoms with E-state index in [-0.39, 0.29) is 11.7 Å². The van der Waals surface area contributed by atoms with E-state index in [2.05, 4.69) is 0 Å². The highest BCUT2D eigenvalue weighted by molar-refractivity contribution is 6.07. The van der Waals surface area contributed by atoms with E-state index in [9.17, 15) is 9.90 Å². The molecule has 1 aromatic carbocycles. The lowest BCUT2D eigenvalue weighted by atomic mass is 10.1. The van der Waals surface area contributed by atoms with Gasteiger partial charge in [0.2, 0.25) is 0 Å². The number of phenols is 1. The summed E-state index contributed by atoms with van der Waals surface area (Å²) in [7, 11) is 3.25. The van der Waals surface area contributed by atoms with Gasteiger partial charge in [-0.05, 0) is 31.5 Å². The van der Waals surface area contributed by atoms with Gasteiger partial charge in [0.15, 0.2) is 0 Å². The van der Waals surface area contributed by atoms with Crippen LogP contribution in [-0.2, 0) is 11.8 Å². The van der Waals surface area contributed by atoms with Crippen LogP contribution in [0.2, 0.25) is 0 Å². The Morgan fingerprint density at radius 2 is 2.00 bits per heavy atom. The predicted molar refractivity (Wildman–Crippen MR) is 65.4 cm³/mol. The maximum absolute atomic E-state index is 11.8. The fraction of sp³-hybridized carbons (Fsp3) is 0.308. The molecule has 0 saturated carbocycles. The molecule has 1 heterocycles. The number of carbonyl (C=O) groups excluding carboxylic acids is 1. The van der Waals surface area contributed by atoms with Crippen LogP contribution >= 0.6 is 0 Å². The SMILES string of the molecule is COC(=O)c1c(C)n(C)c2c(C)cc(O)cc12. The fourth-order valence-electron chi connectivity index (χ4n) is 2.29. The molecular weight excluding hydrogens is 218 g/mol. The van der Waals surface area contributed by atoms with Gasteiger partial charge in [-0.25, -0.2) is 4.79 Å². The highest BCUT2D eigenvalue weighted by Gasteiger charge is 2.20. The van der Waals surface area contributed by atoms with Crippen molar-refractivity contribution in [3.63, 3.8) is 0 Å². The number of nitrogens with zero attached hydrogens (tertiary/aromatic N) is 1. The number of aryl methyl sites for hydroxylation is 2. The van der Waals surface area contributed by atoms with Crippen LogP contribution in [0.25, 0.3) is 10.9 Å². The maximum Gasteiger partial charge on any atom is 0.340 e. The highest BCUT2D eigenvalue weighted by Crippen LogP contribution is 2.31. The number of rotatable bonds is 1. The average Bonchev–Trinajstić information content (AvgIpc) is 2.50. The van der Waals surface area contributed by atoms with Crippen LogP contribution in [0.4, 0.5) is 0 Å². The van der Waals surface area contributed by atoms with Gasteiger partial charge in [0, 0.05) is 18.1 Å². The van der Waals surface area contributed by atoms with Crippen LogP contribution in [0.1, 0.15) is 21.6 Å². The third-order valence-electron chi connectivity index (χ3n) is 3.14. The van der Waals surface area contributed by atoms with Crippen molar-refractivity contribution in [2.75, 3.05) is 7.11 Å². The van der Waals surface area contributed by atoms with Crippen LogP contribution in [0.15, 0.2) is 12.1 Å². The quantitative estimate of drug-likeness (QED) is 0.769. The molecule has 1 N–H and O–H groups in total. The summed E-state index contributed by atoms with van der Waals surface area (Å²) in [5, 5.41) is 10.4. The van der Waals surface area contributed by atoms with Crippen molar-refractivity contribution in [2.24, 2.45) is 7.05 Å². The molecule has 0 aliphatic heterocycles. The molecule has 0 saturated heterocycles. The Morgan fingerprint density at radius 1 is 1.35 bits per heavy atom. The van der Waals surface area contributed by atoms with Gasteiger partial charge in [0.1, 0.15) is 5.75 Å². The molecular formula is C13H15NO3. The second kappa shape index (κ2) is 3.80. The Labute approximate surface area is 99.4 Å². The summed E-state index contributed by atoms with van der Waals surface area (Å²) in [5.41, 5.74) is 3.23. The van der Waals surface area contributed by atoms with Gasteiger partial charge in [0.05, 0.1) is 18.2 Å². The molecule has 0 amide bonds. The third-order valence-corrected chi connectivity index (χ3v) is 3.14. The fourth-order valence-corrected chi connectivity index (χ4v) is 2.29. The minimum Gasteiger partial charge on any atom is -0.508 e. The number of aromatic hydroxyl groups is 1. The summed E-state index contributed by atoms with van der Waals surface area (Å²) < 4.78 is 6.73. The monoisotopic (exact) mass is 233 g/mol. The minimum atomic E-state index is -0.377. The first-order chi connectivity index (χ1) is 7.97. The molecule has 0 radical (unpaired) electrons. The third kappa shape index (κ3) is 1.56. The molecule has 0 unspecified atom stereocenters. The molecule has 0 spiro atoms. The molecule has 17 heavy (non-hydrogen) atoms. The molecule has 0 aliphatic carbocycles. The zero-order chi connectivity index (χ0) is 12.7. The van der Waals surface area contributed by atoms with Crippen LogP contribution < -0.4 is 0 Å². The lowest BCUT2D eigenvalue weighted by Crippen LogP contribution is -2.03. The average molecular weight is 233 g/mol. The smallest absolute Gasteiger partial charge is 0.340 e. The van der Waals surface area contributed by atoms with Crippen LogP contribution in [0.5, 0.6) is 5.75 Å². The largest absolute Gasteiger partial charge is 0.508 e. The summed E-state index contributed by atoms with van der Waals surface area (Å²) in [6.45, 7) is 3.77. The Morgan fingerprint density at radius 3 is 2.59 bits per heavy atom. The second-order valence-electron chi connectivity index (χ2n) is 4.17. The van der Waals surface area contributed by atoms with Gasteiger partial charge in [0.25, 0.3) is 0 Å². The summed E-state index contributed by atoms with van der Waals surface area (Å²) >= 11 is 0. The first-order valence-electron chi connectivity index (χ1n) is 5.34. The Balaban J connectivity index is 2.93. The van der Waals surface area contributed by atoms with Crippen molar-refractivity contribution in [1.82, 2.24) is 4.57 Å². The second-order valence-corrected chi connectivity index (χ2v) is 4.17. The molecule has 0 atom stereocenters. The Kier molecular flexibility index (Phi) is 2.58.